The number of hydrogen-bond donors (Lipinski definition) is 2. The Labute approximate surface area is 198 Å². The van der Waals surface area contributed by atoms with Crippen LogP contribution < -0.4 is 0 Å². The summed E-state index contributed by atoms with van der Waals surface area (Å²) in [5, 5.41) is 19.2. The Hall–Kier alpha value is -2.88. The fraction of sp³-hybridized carbons (Fsp3) is 0.448. The third-order valence-corrected chi connectivity index (χ3v) is 6.17. The van der Waals surface area contributed by atoms with Crippen molar-refractivity contribution in [3.8, 4) is 34.0 Å². The summed E-state index contributed by atoms with van der Waals surface area (Å²) in [4.78, 5) is 9.69. The quantitative estimate of drug-likeness (QED) is 0.246. The minimum Gasteiger partial charge on any atom is -0.508 e. The molecule has 3 aromatic rings. The van der Waals surface area contributed by atoms with Crippen LogP contribution in [0.25, 0.3) is 22.5 Å². The zero-order valence-electron chi connectivity index (χ0n) is 20.0. The average molecular weight is 447 g/mol. The lowest BCUT2D eigenvalue weighted by atomic mass is 10.0. The van der Waals surface area contributed by atoms with Crippen LogP contribution in [-0.4, -0.2) is 20.2 Å². The molecule has 176 valence electrons. The van der Waals surface area contributed by atoms with Gasteiger partial charge in [0.05, 0.1) is 23.3 Å². The van der Waals surface area contributed by atoms with Gasteiger partial charge in [-0.2, -0.15) is 0 Å². The molecule has 0 aliphatic heterocycles. The van der Waals surface area contributed by atoms with E-state index >= 15 is 0 Å². The van der Waals surface area contributed by atoms with Crippen molar-refractivity contribution in [2.75, 3.05) is 0 Å². The number of aryl methyl sites for hydroxylation is 1. The molecule has 0 aliphatic carbocycles. The Morgan fingerprint density at radius 3 is 1.64 bits per heavy atom. The molecular weight excluding hydrogens is 408 g/mol. The van der Waals surface area contributed by atoms with E-state index in [0.29, 0.717) is 0 Å². The highest BCUT2D eigenvalue weighted by molar-refractivity contribution is 5.66. The standard InChI is InChI=1S/C29H38N2O2/c1-2-3-4-5-6-7-8-9-10-11-12-13-27-29(24-16-20-26(33)21-17-24)30-22-28(31-27)23-14-18-25(32)19-15-23/h14-22,32-33H,2-13H2,1H3. The summed E-state index contributed by atoms with van der Waals surface area (Å²) in [5.74, 6) is 0.493. The van der Waals surface area contributed by atoms with Crippen LogP contribution in [0.5, 0.6) is 11.5 Å². The van der Waals surface area contributed by atoms with Gasteiger partial charge in [-0.25, -0.2) is 4.98 Å². The fourth-order valence-corrected chi connectivity index (χ4v) is 4.19. The highest BCUT2D eigenvalue weighted by Crippen LogP contribution is 2.27. The maximum Gasteiger partial charge on any atom is 0.115 e. The van der Waals surface area contributed by atoms with E-state index in [9.17, 15) is 10.2 Å². The molecule has 0 amide bonds. The molecule has 0 atom stereocenters. The van der Waals surface area contributed by atoms with Gasteiger partial charge in [0.25, 0.3) is 0 Å². The number of phenolic OH excluding ortho intramolecular Hbond substituents is 2. The van der Waals surface area contributed by atoms with E-state index < -0.39 is 0 Å². The lowest BCUT2D eigenvalue weighted by molar-refractivity contribution is 0.475. The van der Waals surface area contributed by atoms with Crippen molar-refractivity contribution in [3.05, 3.63) is 60.4 Å². The van der Waals surface area contributed by atoms with Gasteiger partial charge in [-0.05, 0) is 61.4 Å². The maximum absolute atomic E-state index is 9.65. The zero-order chi connectivity index (χ0) is 23.3. The van der Waals surface area contributed by atoms with Crippen molar-refractivity contribution in [1.82, 2.24) is 9.97 Å². The van der Waals surface area contributed by atoms with Crippen molar-refractivity contribution in [1.29, 1.82) is 0 Å². The highest BCUT2D eigenvalue weighted by Gasteiger charge is 2.11. The van der Waals surface area contributed by atoms with Crippen LogP contribution in [0.4, 0.5) is 0 Å². The van der Waals surface area contributed by atoms with Crippen LogP contribution in [0.3, 0.4) is 0 Å². The van der Waals surface area contributed by atoms with E-state index in [4.69, 9.17) is 9.97 Å². The van der Waals surface area contributed by atoms with Gasteiger partial charge in [0.2, 0.25) is 0 Å². The Kier molecular flexibility index (Phi) is 10.2. The second-order valence-electron chi connectivity index (χ2n) is 8.93. The predicted octanol–water partition coefficient (Wildman–Crippen LogP) is 8.08. The van der Waals surface area contributed by atoms with Crippen molar-refractivity contribution < 1.29 is 10.2 Å². The first-order valence-corrected chi connectivity index (χ1v) is 12.6. The van der Waals surface area contributed by atoms with E-state index in [0.717, 1.165) is 41.1 Å². The average Bonchev–Trinajstić information content (AvgIpc) is 2.83. The number of rotatable bonds is 14. The third kappa shape index (κ3) is 8.20. The summed E-state index contributed by atoms with van der Waals surface area (Å²) >= 11 is 0. The largest absolute Gasteiger partial charge is 0.508 e. The highest BCUT2D eigenvalue weighted by atomic mass is 16.3. The molecule has 0 spiro atoms. The van der Waals surface area contributed by atoms with Crippen molar-refractivity contribution in [2.45, 2.75) is 84.0 Å². The molecule has 2 aromatic carbocycles. The molecule has 33 heavy (non-hydrogen) atoms. The molecule has 0 radical (unpaired) electrons. The van der Waals surface area contributed by atoms with Gasteiger partial charge in [-0.15, -0.1) is 0 Å². The van der Waals surface area contributed by atoms with Crippen molar-refractivity contribution in [3.63, 3.8) is 0 Å². The minimum absolute atomic E-state index is 0.244. The van der Waals surface area contributed by atoms with Crippen LogP contribution in [0.1, 0.15) is 83.2 Å². The van der Waals surface area contributed by atoms with E-state index in [1.807, 2.05) is 24.3 Å². The lowest BCUT2D eigenvalue weighted by Gasteiger charge is -2.11. The molecule has 0 saturated carbocycles. The number of aromatic hydroxyl groups is 2. The fourth-order valence-electron chi connectivity index (χ4n) is 4.19. The number of nitrogens with zero attached hydrogens (tertiary/aromatic N) is 2. The SMILES string of the molecule is CCCCCCCCCCCCCc1nc(-c2ccc(O)cc2)cnc1-c1ccc(O)cc1. The molecule has 2 N–H and O–H groups in total. The number of unbranched alkanes of at least 4 members (excludes halogenated alkanes) is 10. The number of aromatic nitrogens is 2. The van der Waals surface area contributed by atoms with Gasteiger partial charge in [0, 0.05) is 11.1 Å². The van der Waals surface area contributed by atoms with Crippen LogP contribution in [0.15, 0.2) is 54.7 Å². The molecule has 0 saturated heterocycles. The summed E-state index contributed by atoms with van der Waals surface area (Å²) in [5.41, 5.74) is 4.59. The first kappa shape index (κ1) is 24.8. The molecule has 1 aromatic heterocycles. The first-order chi connectivity index (χ1) is 16.2. The zero-order valence-corrected chi connectivity index (χ0v) is 20.0. The maximum atomic E-state index is 9.65. The predicted molar refractivity (Wildman–Crippen MR) is 136 cm³/mol. The van der Waals surface area contributed by atoms with Crippen LogP contribution in [0.2, 0.25) is 0 Å². The lowest BCUT2D eigenvalue weighted by Crippen LogP contribution is -2.00. The minimum atomic E-state index is 0.244. The van der Waals surface area contributed by atoms with Crippen molar-refractivity contribution >= 4 is 0 Å². The van der Waals surface area contributed by atoms with Crippen molar-refractivity contribution in [2.24, 2.45) is 0 Å². The second kappa shape index (κ2) is 13.6. The van der Waals surface area contributed by atoms with Gasteiger partial charge >= 0.3 is 0 Å². The van der Waals surface area contributed by atoms with E-state index in [1.54, 1.807) is 30.5 Å². The molecule has 0 aliphatic rings. The normalized spacial score (nSPS) is 11.1. The summed E-state index contributed by atoms with van der Waals surface area (Å²) < 4.78 is 0. The molecule has 0 bridgehead atoms. The molecule has 0 fully saturated rings. The van der Waals surface area contributed by atoms with E-state index in [-0.39, 0.29) is 11.5 Å². The molecule has 1 heterocycles. The summed E-state index contributed by atoms with van der Waals surface area (Å²) in [6.45, 7) is 2.27. The molecule has 3 rings (SSSR count). The summed E-state index contributed by atoms with van der Waals surface area (Å²) in [6, 6.07) is 14.3. The first-order valence-electron chi connectivity index (χ1n) is 12.6. The van der Waals surface area contributed by atoms with E-state index in [2.05, 4.69) is 6.92 Å². The van der Waals surface area contributed by atoms with E-state index in [1.165, 1.54) is 64.2 Å². The Morgan fingerprint density at radius 1 is 0.606 bits per heavy atom. The molecule has 0 unspecified atom stereocenters. The van der Waals surface area contributed by atoms with Gasteiger partial charge in [0.15, 0.2) is 0 Å². The van der Waals surface area contributed by atoms with Crippen LogP contribution >= 0.6 is 0 Å². The van der Waals surface area contributed by atoms with Gasteiger partial charge in [0.1, 0.15) is 11.5 Å². The van der Waals surface area contributed by atoms with Crippen LogP contribution in [-0.2, 0) is 6.42 Å². The summed E-state index contributed by atoms with van der Waals surface area (Å²) in [6.07, 6.45) is 17.1. The number of benzene rings is 2. The van der Waals surface area contributed by atoms with Gasteiger partial charge in [-0.3, -0.25) is 4.98 Å². The topological polar surface area (TPSA) is 66.2 Å². The number of hydrogen-bond acceptors (Lipinski definition) is 4. The smallest absolute Gasteiger partial charge is 0.115 e. The van der Waals surface area contributed by atoms with Gasteiger partial charge in [-0.1, -0.05) is 71.1 Å². The third-order valence-electron chi connectivity index (χ3n) is 6.17. The van der Waals surface area contributed by atoms with Crippen LogP contribution in [0, 0.1) is 0 Å². The number of phenols is 2. The second-order valence-corrected chi connectivity index (χ2v) is 8.93. The monoisotopic (exact) mass is 446 g/mol. The molecule has 4 heteroatoms. The Balaban J connectivity index is 1.57. The summed E-state index contributed by atoms with van der Waals surface area (Å²) in [7, 11) is 0. The molecule has 4 nitrogen and oxygen atoms in total. The Morgan fingerprint density at radius 2 is 1.09 bits per heavy atom. The Bertz CT molecular complexity index is 952. The van der Waals surface area contributed by atoms with Gasteiger partial charge < -0.3 is 10.2 Å². The molecular formula is C29H38N2O2.